The molecule has 1 aliphatic rings. The molecule has 1 aliphatic heterocycles. The standard InChI is InChI=1S/C8H14O4/c9-4-3-8(6-7(10)11)2-1-5-12-8/h9H,1-6H2,(H,10,11). The van der Waals surface area contributed by atoms with Crippen LogP contribution in [0.2, 0.25) is 0 Å². The number of aliphatic carboxylic acids is 1. The summed E-state index contributed by atoms with van der Waals surface area (Å²) in [6.45, 7) is 0.612. The molecule has 1 fully saturated rings. The Labute approximate surface area is 71.2 Å². The van der Waals surface area contributed by atoms with Crippen molar-refractivity contribution in [2.24, 2.45) is 0 Å². The molecule has 0 aromatic heterocycles. The van der Waals surface area contributed by atoms with Gasteiger partial charge in [-0.1, -0.05) is 0 Å². The highest BCUT2D eigenvalue weighted by Crippen LogP contribution is 2.32. The molecule has 0 radical (unpaired) electrons. The molecule has 0 aliphatic carbocycles. The molecule has 4 heteroatoms. The lowest BCUT2D eigenvalue weighted by atomic mass is 9.93. The highest BCUT2D eigenvalue weighted by molar-refractivity contribution is 5.68. The van der Waals surface area contributed by atoms with E-state index in [0.29, 0.717) is 13.0 Å². The van der Waals surface area contributed by atoms with E-state index in [9.17, 15) is 4.79 Å². The van der Waals surface area contributed by atoms with E-state index in [2.05, 4.69) is 0 Å². The molecule has 2 N–H and O–H groups in total. The summed E-state index contributed by atoms with van der Waals surface area (Å²) in [7, 11) is 0. The molecule has 12 heavy (non-hydrogen) atoms. The van der Waals surface area contributed by atoms with Crippen LogP contribution >= 0.6 is 0 Å². The summed E-state index contributed by atoms with van der Waals surface area (Å²) < 4.78 is 5.35. The van der Waals surface area contributed by atoms with Crippen molar-refractivity contribution in [2.75, 3.05) is 13.2 Å². The van der Waals surface area contributed by atoms with E-state index in [4.69, 9.17) is 14.9 Å². The maximum atomic E-state index is 10.5. The minimum atomic E-state index is -0.856. The maximum Gasteiger partial charge on any atom is 0.306 e. The zero-order valence-corrected chi connectivity index (χ0v) is 6.95. The van der Waals surface area contributed by atoms with Gasteiger partial charge in [-0.15, -0.1) is 0 Å². The van der Waals surface area contributed by atoms with Gasteiger partial charge in [0.2, 0.25) is 0 Å². The largest absolute Gasteiger partial charge is 0.481 e. The van der Waals surface area contributed by atoms with Crippen LogP contribution in [0.25, 0.3) is 0 Å². The van der Waals surface area contributed by atoms with Gasteiger partial charge in [0, 0.05) is 19.6 Å². The summed E-state index contributed by atoms with van der Waals surface area (Å²) in [5, 5.41) is 17.3. The molecular formula is C8H14O4. The first kappa shape index (κ1) is 9.48. The summed E-state index contributed by atoms with van der Waals surface area (Å²) in [6, 6.07) is 0. The Bertz CT molecular complexity index is 160. The Hall–Kier alpha value is -0.610. The second kappa shape index (κ2) is 3.87. The SMILES string of the molecule is O=C(O)CC1(CCO)CCCO1. The van der Waals surface area contributed by atoms with Crippen LogP contribution in [0.1, 0.15) is 25.7 Å². The molecule has 4 nitrogen and oxygen atoms in total. The molecule has 0 bridgehead atoms. The second-order valence-electron chi connectivity index (χ2n) is 3.18. The fraction of sp³-hybridized carbons (Fsp3) is 0.875. The molecule has 0 saturated carbocycles. The fourth-order valence-electron chi connectivity index (χ4n) is 1.66. The Morgan fingerprint density at radius 2 is 2.33 bits per heavy atom. The number of hydrogen-bond donors (Lipinski definition) is 2. The third-order valence-corrected chi connectivity index (χ3v) is 2.23. The van der Waals surface area contributed by atoms with Crippen molar-refractivity contribution < 1.29 is 19.7 Å². The minimum Gasteiger partial charge on any atom is -0.481 e. The predicted molar refractivity (Wildman–Crippen MR) is 41.9 cm³/mol. The van der Waals surface area contributed by atoms with Crippen LogP contribution in [0, 0.1) is 0 Å². The first-order chi connectivity index (χ1) is 5.68. The minimum absolute atomic E-state index is 0.00667. The summed E-state index contributed by atoms with van der Waals surface area (Å²) in [5.74, 6) is -0.856. The maximum absolute atomic E-state index is 10.5. The lowest BCUT2D eigenvalue weighted by molar-refractivity contribution is -0.143. The van der Waals surface area contributed by atoms with Crippen molar-refractivity contribution in [3.63, 3.8) is 0 Å². The Morgan fingerprint density at radius 3 is 2.75 bits per heavy atom. The average Bonchev–Trinajstić information content (AvgIpc) is 2.36. The monoisotopic (exact) mass is 174 g/mol. The third-order valence-electron chi connectivity index (χ3n) is 2.23. The van der Waals surface area contributed by atoms with E-state index in [-0.39, 0.29) is 13.0 Å². The molecular weight excluding hydrogens is 160 g/mol. The van der Waals surface area contributed by atoms with Crippen LogP contribution in [-0.2, 0) is 9.53 Å². The number of ether oxygens (including phenoxy) is 1. The van der Waals surface area contributed by atoms with Gasteiger partial charge in [0.15, 0.2) is 0 Å². The molecule has 1 heterocycles. The van der Waals surface area contributed by atoms with E-state index >= 15 is 0 Å². The van der Waals surface area contributed by atoms with Gasteiger partial charge in [0.05, 0.1) is 12.0 Å². The van der Waals surface area contributed by atoms with Gasteiger partial charge in [0.25, 0.3) is 0 Å². The molecule has 0 spiro atoms. The van der Waals surface area contributed by atoms with Gasteiger partial charge in [-0.3, -0.25) is 4.79 Å². The second-order valence-corrected chi connectivity index (χ2v) is 3.18. The Balaban J connectivity index is 2.52. The van der Waals surface area contributed by atoms with E-state index in [0.717, 1.165) is 12.8 Å². The zero-order valence-electron chi connectivity index (χ0n) is 6.95. The summed E-state index contributed by atoms with van der Waals surface area (Å²) in [5.41, 5.74) is -0.583. The van der Waals surface area contributed by atoms with E-state index < -0.39 is 11.6 Å². The van der Waals surface area contributed by atoms with Crippen molar-refractivity contribution in [2.45, 2.75) is 31.3 Å². The molecule has 0 amide bonds. The number of aliphatic hydroxyl groups excluding tert-OH is 1. The molecule has 1 saturated heterocycles. The first-order valence-corrected chi connectivity index (χ1v) is 4.15. The van der Waals surface area contributed by atoms with Crippen molar-refractivity contribution in [1.29, 1.82) is 0 Å². The van der Waals surface area contributed by atoms with E-state index in [1.807, 2.05) is 0 Å². The Morgan fingerprint density at radius 1 is 1.58 bits per heavy atom. The van der Waals surface area contributed by atoms with Crippen LogP contribution < -0.4 is 0 Å². The fourth-order valence-corrected chi connectivity index (χ4v) is 1.66. The Kier molecular flexibility index (Phi) is 3.05. The van der Waals surface area contributed by atoms with Crippen molar-refractivity contribution in [1.82, 2.24) is 0 Å². The lowest BCUT2D eigenvalue weighted by Crippen LogP contribution is -2.32. The molecule has 1 unspecified atom stereocenters. The quantitative estimate of drug-likeness (QED) is 0.647. The van der Waals surface area contributed by atoms with Gasteiger partial charge in [-0.25, -0.2) is 0 Å². The lowest BCUT2D eigenvalue weighted by Gasteiger charge is -2.25. The number of carboxylic acids is 1. The summed E-state index contributed by atoms with van der Waals surface area (Å²) in [6.07, 6.45) is 2.08. The normalized spacial score (nSPS) is 29.1. The predicted octanol–water partition coefficient (Wildman–Crippen LogP) is 0.393. The topological polar surface area (TPSA) is 66.8 Å². The first-order valence-electron chi connectivity index (χ1n) is 4.15. The van der Waals surface area contributed by atoms with Gasteiger partial charge >= 0.3 is 5.97 Å². The number of carbonyl (C=O) groups is 1. The summed E-state index contributed by atoms with van der Waals surface area (Å²) in [4.78, 5) is 10.5. The molecule has 0 aromatic rings. The van der Waals surface area contributed by atoms with Gasteiger partial charge in [-0.05, 0) is 12.8 Å². The van der Waals surface area contributed by atoms with Crippen LogP contribution in [0.3, 0.4) is 0 Å². The van der Waals surface area contributed by atoms with Crippen molar-refractivity contribution >= 4 is 5.97 Å². The van der Waals surface area contributed by atoms with Gasteiger partial charge in [-0.2, -0.15) is 0 Å². The average molecular weight is 174 g/mol. The highest BCUT2D eigenvalue weighted by Gasteiger charge is 2.36. The number of hydrogen-bond acceptors (Lipinski definition) is 3. The van der Waals surface area contributed by atoms with Crippen LogP contribution in [0.4, 0.5) is 0 Å². The van der Waals surface area contributed by atoms with E-state index in [1.165, 1.54) is 0 Å². The molecule has 1 rings (SSSR count). The highest BCUT2D eigenvalue weighted by atomic mass is 16.5. The number of aliphatic hydroxyl groups is 1. The van der Waals surface area contributed by atoms with Crippen LogP contribution in [0.15, 0.2) is 0 Å². The van der Waals surface area contributed by atoms with Gasteiger partial charge < -0.3 is 14.9 Å². The molecule has 70 valence electrons. The number of carboxylic acid groups (broad SMARTS) is 1. The van der Waals surface area contributed by atoms with Crippen LogP contribution in [0.5, 0.6) is 0 Å². The van der Waals surface area contributed by atoms with Crippen LogP contribution in [-0.4, -0.2) is 35.0 Å². The van der Waals surface area contributed by atoms with Gasteiger partial charge in [0.1, 0.15) is 0 Å². The van der Waals surface area contributed by atoms with E-state index in [1.54, 1.807) is 0 Å². The number of rotatable bonds is 4. The van der Waals surface area contributed by atoms with Crippen molar-refractivity contribution in [3.05, 3.63) is 0 Å². The van der Waals surface area contributed by atoms with Crippen molar-refractivity contribution in [3.8, 4) is 0 Å². The molecule has 0 aromatic carbocycles. The molecule has 1 atom stereocenters. The third kappa shape index (κ3) is 2.19. The zero-order chi connectivity index (χ0) is 9.03. The summed E-state index contributed by atoms with van der Waals surface area (Å²) >= 11 is 0. The smallest absolute Gasteiger partial charge is 0.306 e.